The second-order valence-corrected chi connectivity index (χ2v) is 2.48. The molecule has 5 heteroatoms. The van der Waals surface area contributed by atoms with E-state index in [0.29, 0.717) is 5.02 Å². The molecule has 48 valence electrons. The first-order chi connectivity index (χ1) is 4.20. The van der Waals surface area contributed by atoms with Crippen LogP contribution < -0.4 is 18.9 Å². The molecular formula is C5HCl3LiN. The van der Waals surface area contributed by atoms with E-state index in [4.69, 9.17) is 34.8 Å². The molecule has 0 amide bonds. The van der Waals surface area contributed by atoms with Crippen LogP contribution in [0.25, 0.3) is 0 Å². The number of hydrogen-bond acceptors (Lipinski definition) is 1. The SMILES string of the molecule is Clc1[c-]c(Cl)c(Cl)nc1.[Li+]. The van der Waals surface area contributed by atoms with Crippen LogP contribution in [-0.2, 0) is 0 Å². The second kappa shape index (κ2) is 4.49. The summed E-state index contributed by atoms with van der Waals surface area (Å²) in [6, 6.07) is 2.57. The van der Waals surface area contributed by atoms with E-state index in [1.165, 1.54) is 6.20 Å². The third-order valence-corrected chi connectivity index (χ3v) is 1.55. The van der Waals surface area contributed by atoms with Gasteiger partial charge in [-0.25, -0.2) is 0 Å². The number of nitrogens with zero attached hydrogens (tertiary/aromatic N) is 1. The number of halogens is 3. The molecule has 0 radical (unpaired) electrons. The average molecular weight is 188 g/mol. The topological polar surface area (TPSA) is 12.9 Å². The molecule has 0 N–H and O–H groups in total. The van der Waals surface area contributed by atoms with Crippen molar-refractivity contribution in [2.75, 3.05) is 0 Å². The molecule has 0 atom stereocenters. The van der Waals surface area contributed by atoms with E-state index >= 15 is 0 Å². The van der Waals surface area contributed by atoms with Crippen LogP contribution in [0.3, 0.4) is 0 Å². The third-order valence-electron chi connectivity index (χ3n) is 0.702. The molecule has 10 heavy (non-hydrogen) atoms. The standard InChI is InChI=1S/C5HCl3N.Li/c6-3-1-4(7)5(8)9-2-3;/h2H;/q-1;+1. The van der Waals surface area contributed by atoms with Gasteiger partial charge in [-0.05, 0) is 5.02 Å². The van der Waals surface area contributed by atoms with Gasteiger partial charge in [-0.15, -0.1) is 40.9 Å². The maximum atomic E-state index is 5.48. The molecule has 0 aliphatic carbocycles. The van der Waals surface area contributed by atoms with Crippen molar-refractivity contribution in [2.24, 2.45) is 0 Å². The van der Waals surface area contributed by atoms with Gasteiger partial charge in [-0.1, -0.05) is 11.2 Å². The van der Waals surface area contributed by atoms with Crippen molar-refractivity contribution < 1.29 is 18.9 Å². The summed E-state index contributed by atoms with van der Waals surface area (Å²) >= 11 is 16.4. The van der Waals surface area contributed by atoms with Crippen LogP contribution in [0.5, 0.6) is 0 Å². The molecule has 0 aliphatic heterocycles. The van der Waals surface area contributed by atoms with Crippen LogP contribution in [0.1, 0.15) is 0 Å². The maximum absolute atomic E-state index is 5.48. The molecule has 0 bridgehead atoms. The van der Waals surface area contributed by atoms with Crippen molar-refractivity contribution in [1.29, 1.82) is 0 Å². The number of pyridine rings is 1. The van der Waals surface area contributed by atoms with Gasteiger partial charge in [0.05, 0.1) is 0 Å². The molecule has 1 rings (SSSR count). The van der Waals surface area contributed by atoms with Crippen LogP contribution in [0.2, 0.25) is 15.2 Å². The number of rotatable bonds is 0. The van der Waals surface area contributed by atoms with Gasteiger partial charge >= 0.3 is 18.9 Å². The molecule has 1 aromatic heterocycles. The quantitative estimate of drug-likeness (QED) is 0.313. The molecular weight excluding hydrogens is 187 g/mol. The summed E-state index contributed by atoms with van der Waals surface area (Å²) in [6.07, 6.45) is 1.38. The van der Waals surface area contributed by atoms with E-state index in [-0.39, 0.29) is 29.0 Å². The molecule has 1 aromatic rings. The normalized spacial score (nSPS) is 8.70. The first-order valence-electron chi connectivity index (χ1n) is 2.09. The van der Waals surface area contributed by atoms with Gasteiger partial charge in [0, 0.05) is 5.15 Å². The Kier molecular flexibility index (Phi) is 4.76. The smallest absolute Gasteiger partial charge is 0.370 e. The van der Waals surface area contributed by atoms with Gasteiger partial charge in [0.15, 0.2) is 0 Å². The Bertz CT molecular complexity index is 228. The fraction of sp³-hybridized carbons (Fsp3) is 0. The molecule has 0 aliphatic rings. The van der Waals surface area contributed by atoms with Gasteiger partial charge < -0.3 is 4.98 Å². The minimum atomic E-state index is 0. The molecule has 0 spiro atoms. The Balaban J connectivity index is 0.000000810. The predicted molar refractivity (Wildman–Crippen MR) is 38.1 cm³/mol. The fourth-order valence-corrected chi connectivity index (χ4v) is 0.797. The second-order valence-electron chi connectivity index (χ2n) is 1.34. The van der Waals surface area contributed by atoms with Crippen molar-refractivity contribution >= 4 is 34.8 Å². The van der Waals surface area contributed by atoms with Crippen molar-refractivity contribution in [2.45, 2.75) is 0 Å². The minimum Gasteiger partial charge on any atom is -0.370 e. The molecule has 0 unspecified atom stereocenters. The first-order valence-corrected chi connectivity index (χ1v) is 3.22. The summed E-state index contributed by atoms with van der Waals surface area (Å²) in [6.45, 7) is 0. The van der Waals surface area contributed by atoms with E-state index in [1.807, 2.05) is 0 Å². The van der Waals surface area contributed by atoms with E-state index in [9.17, 15) is 0 Å². The van der Waals surface area contributed by atoms with E-state index in [0.717, 1.165) is 0 Å². The number of aromatic nitrogens is 1. The maximum Gasteiger partial charge on any atom is 1.00 e. The van der Waals surface area contributed by atoms with Gasteiger partial charge in [-0.2, -0.15) is 0 Å². The van der Waals surface area contributed by atoms with Crippen LogP contribution >= 0.6 is 34.8 Å². The average Bonchev–Trinajstić information content (AvgIpc) is 1.80. The Hall–Kier alpha value is 0.617. The molecule has 0 saturated carbocycles. The van der Waals surface area contributed by atoms with E-state index in [1.54, 1.807) is 0 Å². The molecule has 1 nitrogen and oxygen atoms in total. The van der Waals surface area contributed by atoms with Gasteiger partial charge in [0.25, 0.3) is 0 Å². The fourth-order valence-electron chi connectivity index (χ4n) is 0.359. The molecule has 0 aromatic carbocycles. The summed E-state index contributed by atoms with van der Waals surface area (Å²) in [4.78, 5) is 3.65. The van der Waals surface area contributed by atoms with E-state index < -0.39 is 0 Å². The predicted octanol–water partition coefficient (Wildman–Crippen LogP) is -0.154. The summed E-state index contributed by atoms with van der Waals surface area (Å²) in [5, 5.41) is 0.842. The van der Waals surface area contributed by atoms with Crippen molar-refractivity contribution in [1.82, 2.24) is 4.98 Å². The zero-order valence-corrected chi connectivity index (χ0v) is 7.43. The Morgan fingerprint density at radius 1 is 1.30 bits per heavy atom. The van der Waals surface area contributed by atoms with Gasteiger partial charge in [0.2, 0.25) is 0 Å². The largest absolute Gasteiger partial charge is 1.00 e. The minimum absolute atomic E-state index is 0. The summed E-state index contributed by atoms with van der Waals surface area (Å²) in [5.74, 6) is 0. The van der Waals surface area contributed by atoms with Crippen LogP contribution in [0.4, 0.5) is 0 Å². The van der Waals surface area contributed by atoms with E-state index in [2.05, 4.69) is 11.1 Å². The van der Waals surface area contributed by atoms with Crippen LogP contribution in [0.15, 0.2) is 6.20 Å². The molecule has 1 heterocycles. The summed E-state index contributed by atoms with van der Waals surface area (Å²) in [5.41, 5.74) is 0. The van der Waals surface area contributed by atoms with Gasteiger partial charge in [-0.3, -0.25) is 0 Å². The van der Waals surface area contributed by atoms with Crippen LogP contribution in [-0.4, -0.2) is 4.98 Å². The Morgan fingerprint density at radius 3 is 2.30 bits per heavy atom. The Labute approximate surface area is 85.9 Å². The monoisotopic (exact) mass is 187 g/mol. The number of hydrogen-bond donors (Lipinski definition) is 0. The van der Waals surface area contributed by atoms with Crippen molar-refractivity contribution in [3.63, 3.8) is 0 Å². The van der Waals surface area contributed by atoms with Crippen molar-refractivity contribution in [3.8, 4) is 0 Å². The van der Waals surface area contributed by atoms with Crippen molar-refractivity contribution in [3.05, 3.63) is 27.5 Å². The summed E-state index contributed by atoms with van der Waals surface area (Å²) in [7, 11) is 0. The zero-order valence-electron chi connectivity index (χ0n) is 5.16. The molecule has 0 saturated heterocycles. The first kappa shape index (κ1) is 10.6. The van der Waals surface area contributed by atoms with Gasteiger partial charge in [0.1, 0.15) is 0 Å². The molecule has 0 fully saturated rings. The van der Waals surface area contributed by atoms with Crippen LogP contribution in [0, 0.1) is 6.07 Å². The summed E-state index contributed by atoms with van der Waals surface area (Å²) < 4.78 is 0. The third kappa shape index (κ3) is 2.70. The Morgan fingerprint density at radius 2 is 1.90 bits per heavy atom. The zero-order chi connectivity index (χ0) is 6.85.